The predicted molar refractivity (Wildman–Crippen MR) is 60.7 cm³/mol. The lowest BCUT2D eigenvalue weighted by Crippen LogP contribution is -2.42. The van der Waals surface area contributed by atoms with Gasteiger partial charge in [0.05, 0.1) is 12.2 Å². The normalized spacial score (nSPS) is 13.9. The fourth-order valence-electron chi connectivity index (χ4n) is 1.14. The summed E-state index contributed by atoms with van der Waals surface area (Å²) in [7, 11) is 0. The van der Waals surface area contributed by atoms with E-state index in [4.69, 9.17) is 5.73 Å². The van der Waals surface area contributed by atoms with Crippen LogP contribution in [0.3, 0.4) is 0 Å². The molecule has 15 heavy (non-hydrogen) atoms. The summed E-state index contributed by atoms with van der Waals surface area (Å²) in [4.78, 5) is 11.5. The van der Waals surface area contributed by atoms with Crippen LogP contribution in [0.4, 0.5) is 0 Å². The number of hydrogen-bond donors (Lipinski definition) is 1. The number of hydrogen-bond acceptors (Lipinski definition) is 3. The van der Waals surface area contributed by atoms with Gasteiger partial charge in [-0.1, -0.05) is 20.8 Å². The second-order valence-corrected chi connectivity index (χ2v) is 4.97. The van der Waals surface area contributed by atoms with E-state index >= 15 is 0 Å². The molecule has 84 valence electrons. The van der Waals surface area contributed by atoms with Gasteiger partial charge in [-0.05, 0) is 18.4 Å². The third-order valence-corrected chi connectivity index (χ3v) is 2.48. The second kappa shape index (κ2) is 4.14. The van der Waals surface area contributed by atoms with Crippen LogP contribution in [0.1, 0.15) is 26.5 Å². The number of rotatable bonds is 2. The Morgan fingerprint density at radius 3 is 2.60 bits per heavy atom. The van der Waals surface area contributed by atoms with Crippen LogP contribution in [0.15, 0.2) is 16.9 Å². The van der Waals surface area contributed by atoms with Crippen LogP contribution in [0, 0.1) is 12.3 Å². The molecular formula is C11H19N3O. The van der Waals surface area contributed by atoms with Crippen molar-refractivity contribution in [1.29, 1.82) is 0 Å². The average Bonchev–Trinajstić information content (AvgIpc) is 2.09. The number of aryl methyl sites for hydroxylation is 1. The fraction of sp³-hybridized carbons (Fsp3) is 0.636. The van der Waals surface area contributed by atoms with Crippen molar-refractivity contribution in [2.75, 3.05) is 0 Å². The summed E-state index contributed by atoms with van der Waals surface area (Å²) in [6, 6.07) is 3.16. The van der Waals surface area contributed by atoms with Gasteiger partial charge in [0.2, 0.25) is 0 Å². The molecule has 1 unspecified atom stereocenters. The minimum Gasteiger partial charge on any atom is -0.326 e. The third kappa shape index (κ3) is 3.16. The van der Waals surface area contributed by atoms with Crippen molar-refractivity contribution >= 4 is 0 Å². The van der Waals surface area contributed by atoms with Crippen molar-refractivity contribution in [2.24, 2.45) is 11.1 Å². The highest BCUT2D eigenvalue weighted by molar-refractivity contribution is 4.97. The topological polar surface area (TPSA) is 60.9 Å². The molecule has 0 aliphatic carbocycles. The van der Waals surface area contributed by atoms with E-state index in [-0.39, 0.29) is 17.0 Å². The quantitative estimate of drug-likeness (QED) is 0.788. The predicted octanol–water partition coefficient (Wildman–Crippen LogP) is 0.925. The van der Waals surface area contributed by atoms with Crippen molar-refractivity contribution in [3.63, 3.8) is 0 Å². The number of nitrogens with two attached hydrogens (primary N) is 1. The second-order valence-electron chi connectivity index (χ2n) is 4.97. The molecule has 0 radical (unpaired) electrons. The fourth-order valence-corrected chi connectivity index (χ4v) is 1.14. The van der Waals surface area contributed by atoms with E-state index in [9.17, 15) is 4.79 Å². The van der Waals surface area contributed by atoms with Gasteiger partial charge in [-0.3, -0.25) is 4.79 Å². The summed E-state index contributed by atoms with van der Waals surface area (Å²) in [5, 5.41) is 4.15. The standard InChI is InChI=1S/C11H19N3O/c1-8-5-6-10(15)14(13-8)7-9(12)11(2,3)4/h5-6,9H,7,12H2,1-4H3. The van der Waals surface area contributed by atoms with E-state index in [0.717, 1.165) is 5.69 Å². The molecule has 1 atom stereocenters. The van der Waals surface area contributed by atoms with Crippen LogP contribution < -0.4 is 11.3 Å². The molecule has 4 heteroatoms. The van der Waals surface area contributed by atoms with Crippen LogP contribution in [-0.4, -0.2) is 15.8 Å². The number of aromatic nitrogens is 2. The Kier molecular flexibility index (Phi) is 3.29. The van der Waals surface area contributed by atoms with Gasteiger partial charge in [0.15, 0.2) is 0 Å². The zero-order valence-electron chi connectivity index (χ0n) is 9.82. The van der Waals surface area contributed by atoms with Gasteiger partial charge < -0.3 is 5.73 Å². The van der Waals surface area contributed by atoms with Crippen LogP contribution in [0.5, 0.6) is 0 Å². The highest BCUT2D eigenvalue weighted by atomic mass is 16.1. The minimum absolute atomic E-state index is 0.0230. The Hall–Kier alpha value is -1.16. The van der Waals surface area contributed by atoms with Crippen molar-refractivity contribution in [3.8, 4) is 0 Å². The first-order chi connectivity index (χ1) is 6.80. The molecule has 0 fully saturated rings. The zero-order chi connectivity index (χ0) is 11.6. The third-order valence-electron chi connectivity index (χ3n) is 2.48. The molecule has 0 saturated heterocycles. The Labute approximate surface area is 90.1 Å². The Morgan fingerprint density at radius 1 is 1.47 bits per heavy atom. The van der Waals surface area contributed by atoms with E-state index in [2.05, 4.69) is 25.9 Å². The smallest absolute Gasteiger partial charge is 0.266 e. The maximum absolute atomic E-state index is 11.5. The van der Waals surface area contributed by atoms with Crippen molar-refractivity contribution in [2.45, 2.75) is 40.3 Å². The zero-order valence-corrected chi connectivity index (χ0v) is 9.82. The first-order valence-corrected chi connectivity index (χ1v) is 5.11. The van der Waals surface area contributed by atoms with Crippen molar-refractivity contribution < 1.29 is 0 Å². The van der Waals surface area contributed by atoms with Gasteiger partial charge in [0, 0.05) is 12.1 Å². The molecule has 0 bridgehead atoms. The molecule has 1 aromatic rings. The first-order valence-electron chi connectivity index (χ1n) is 5.11. The molecular weight excluding hydrogens is 190 g/mol. The summed E-state index contributed by atoms with van der Waals surface area (Å²) < 4.78 is 1.44. The van der Waals surface area contributed by atoms with E-state index in [1.54, 1.807) is 6.07 Å². The van der Waals surface area contributed by atoms with Crippen molar-refractivity contribution in [1.82, 2.24) is 9.78 Å². The van der Waals surface area contributed by atoms with Gasteiger partial charge in [0.25, 0.3) is 5.56 Å². The van der Waals surface area contributed by atoms with E-state index in [1.165, 1.54) is 10.7 Å². The molecule has 0 aliphatic heterocycles. The molecule has 0 spiro atoms. The molecule has 4 nitrogen and oxygen atoms in total. The SMILES string of the molecule is Cc1ccc(=O)n(CC(N)C(C)(C)C)n1. The summed E-state index contributed by atoms with van der Waals surface area (Å²) in [5.41, 5.74) is 6.71. The van der Waals surface area contributed by atoms with E-state index < -0.39 is 0 Å². The Bertz CT molecular complexity index is 390. The lowest BCUT2D eigenvalue weighted by Gasteiger charge is -2.27. The van der Waals surface area contributed by atoms with Crippen LogP contribution in [0.2, 0.25) is 0 Å². The summed E-state index contributed by atoms with van der Waals surface area (Å²) in [6.07, 6.45) is 0. The number of nitrogens with zero attached hydrogens (tertiary/aromatic N) is 2. The van der Waals surface area contributed by atoms with Crippen LogP contribution in [-0.2, 0) is 6.54 Å². The largest absolute Gasteiger partial charge is 0.326 e. The van der Waals surface area contributed by atoms with E-state index in [0.29, 0.717) is 6.54 Å². The summed E-state index contributed by atoms with van der Waals surface area (Å²) >= 11 is 0. The molecule has 0 aliphatic rings. The lowest BCUT2D eigenvalue weighted by atomic mass is 9.87. The Balaban J connectivity index is 2.90. The van der Waals surface area contributed by atoms with Gasteiger partial charge in [-0.25, -0.2) is 4.68 Å². The van der Waals surface area contributed by atoms with Crippen LogP contribution in [0.25, 0.3) is 0 Å². The van der Waals surface area contributed by atoms with Crippen LogP contribution >= 0.6 is 0 Å². The van der Waals surface area contributed by atoms with Gasteiger partial charge >= 0.3 is 0 Å². The maximum Gasteiger partial charge on any atom is 0.266 e. The molecule has 1 rings (SSSR count). The molecule has 1 aromatic heterocycles. The molecule has 0 amide bonds. The van der Waals surface area contributed by atoms with Gasteiger partial charge in [-0.15, -0.1) is 0 Å². The van der Waals surface area contributed by atoms with Crippen molar-refractivity contribution in [3.05, 3.63) is 28.2 Å². The molecule has 1 heterocycles. The summed E-state index contributed by atoms with van der Waals surface area (Å²) in [5.74, 6) is 0. The monoisotopic (exact) mass is 209 g/mol. The maximum atomic E-state index is 11.5. The average molecular weight is 209 g/mol. The highest BCUT2D eigenvalue weighted by Crippen LogP contribution is 2.17. The van der Waals surface area contributed by atoms with Gasteiger partial charge in [0.1, 0.15) is 0 Å². The molecule has 0 saturated carbocycles. The van der Waals surface area contributed by atoms with E-state index in [1.807, 2.05) is 6.92 Å². The molecule has 0 aromatic carbocycles. The highest BCUT2D eigenvalue weighted by Gasteiger charge is 2.21. The molecule has 2 N–H and O–H groups in total. The first kappa shape index (κ1) is 11.9. The summed E-state index contributed by atoms with van der Waals surface area (Å²) in [6.45, 7) is 8.48. The minimum atomic E-state index is -0.0969. The Morgan fingerprint density at radius 2 is 2.07 bits per heavy atom. The lowest BCUT2D eigenvalue weighted by molar-refractivity contribution is 0.279. The van der Waals surface area contributed by atoms with Gasteiger partial charge in [-0.2, -0.15) is 5.10 Å².